The number of halogens is 2. The van der Waals surface area contributed by atoms with Gasteiger partial charge in [-0.05, 0) is 42.2 Å². The predicted octanol–water partition coefficient (Wildman–Crippen LogP) is 4.80. The molecule has 2 fully saturated rings. The van der Waals surface area contributed by atoms with Crippen molar-refractivity contribution in [3.8, 4) is 5.75 Å². The molecule has 23 heavy (non-hydrogen) atoms. The summed E-state index contributed by atoms with van der Waals surface area (Å²) in [5.74, 6) is 0.494. The molecule has 3 rings (SSSR count). The van der Waals surface area contributed by atoms with Crippen LogP contribution in [0.15, 0.2) is 18.2 Å². The number of nitrogens with zero attached hydrogens (tertiary/aromatic N) is 1. The van der Waals surface area contributed by atoms with Gasteiger partial charge in [-0.3, -0.25) is 4.79 Å². The summed E-state index contributed by atoms with van der Waals surface area (Å²) in [5, 5.41) is 0.790. The van der Waals surface area contributed by atoms with Crippen LogP contribution in [0.5, 0.6) is 5.75 Å². The van der Waals surface area contributed by atoms with Crippen molar-refractivity contribution in [2.24, 2.45) is 10.8 Å². The molecule has 126 valence electrons. The van der Waals surface area contributed by atoms with E-state index in [4.69, 9.17) is 27.9 Å². The number of amides is 1. The topological polar surface area (TPSA) is 29.5 Å². The fourth-order valence-electron chi connectivity index (χ4n) is 4.57. The lowest BCUT2D eigenvalue weighted by Crippen LogP contribution is -2.40. The standard InChI is InChI=1S/C18H23Cl2NO2/c1-17(2)7-12-8-18(3,10-17)11-21(12)15(22)9-23-14-6-4-5-13(19)16(14)20/h4-6,12H,7-11H2,1-3H3/t12-,18-/m0/s1. The van der Waals surface area contributed by atoms with Crippen LogP contribution >= 0.6 is 23.2 Å². The van der Waals surface area contributed by atoms with E-state index in [2.05, 4.69) is 20.8 Å². The second-order valence-electron chi connectivity index (χ2n) is 8.08. The Bertz CT molecular complexity index is 631. The van der Waals surface area contributed by atoms with Crippen molar-refractivity contribution in [1.82, 2.24) is 4.90 Å². The molecule has 1 aromatic carbocycles. The number of hydrogen-bond acceptors (Lipinski definition) is 2. The molecule has 0 unspecified atom stereocenters. The lowest BCUT2D eigenvalue weighted by atomic mass is 9.65. The summed E-state index contributed by atoms with van der Waals surface area (Å²) in [5.41, 5.74) is 0.527. The van der Waals surface area contributed by atoms with Gasteiger partial charge in [-0.25, -0.2) is 0 Å². The summed E-state index contributed by atoms with van der Waals surface area (Å²) >= 11 is 12.1. The summed E-state index contributed by atoms with van der Waals surface area (Å²) in [7, 11) is 0. The Morgan fingerprint density at radius 1 is 1.30 bits per heavy atom. The Morgan fingerprint density at radius 2 is 2.04 bits per heavy atom. The summed E-state index contributed by atoms with van der Waals surface area (Å²) in [6.45, 7) is 7.73. The van der Waals surface area contributed by atoms with Crippen LogP contribution in [0.1, 0.15) is 40.0 Å². The van der Waals surface area contributed by atoms with Gasteiger partial charge in [0.05, 0.1) is 5.02 Å². The number of likely N-dealkylation sites (tertiary alicyclic amines) is 1. The first-order chi connectivity index (χ1) is 10.7. The van der Waals surface area contributed by atoms with Crippen molar-refractivity contribution in [3.63, 3.8) is 0 Å². The third kappa shape index (κ3) is 3.46. The zero-order valence-electron chi connectivity index (χ0n) is 13.9. The molecule has 1 saturated heterocycles. The van der Waals surface area contributed by atoms with Gasteiger partial charge in [0.25, 0.3) is 5.91 Å². The lowest BCUT2D eigenvalue weighted by Gasteiger charge is -2.39. The van der Waals surface area contributed by atoms with Gasteiger partial charge in [-0.15, -0.1) is 0 Å². The normalized spacial score (nSPS) is 28.7. The number of benzene rings is 1. The molecule has 1 aliphatic carbocycles. The molecule has 5 heteroatoms. The maximum atomic E-state index is 12.6. The van der Waals surface area contributed by atoms with Crippen molar-refractivity contribution in [2.45, 2.75) is 46.1 Å². The van der Waals surface area contributed by atoms with Crippen LogP contribution in [-0.2, 0) is 4.79 Å². The molecule has 3 nitrogen and oxygen atoms in total. The first-order valence-corrected chi connectivity index (χ1v) is 8.81. The molecule has 1 aliphatic heterocycles. The molecular weight excluding hydrogens is 333 g/mol. The van der Waals surface area contributed by atoms with Gasteiger partial charge in [0.15, 0.2) is 6.61 Å². The third-order valence-corrected chi connectivity index (χ3v) is 5.80. The number of hydrogen-bond donors (Lipinski definition) is 0. The van der Waals surface area contributed by atoms with Crippen LogP contribution < -0.4 is 4.74 Å². The first-order valence-electron chi connectivity index (χ1n) is 8.05. The van der Waals surface area contributed by atoms with Crippen LogP contribution in [0.2, 0.25) is 10.0 Å². The monoisotopic (exact) mass is 355 g/mol. The largest absolute Gasteiger partial charge is 0.482 e. The molecule has 2 aliphatic rings. The zero-order valence-corrected chi connectivity index (χ0v) is 15.4. The second kappa shape index (κ2) is 5.86. The van der Waals surface area contributed by atoms with Gasteiger partial charge in [-0.2, -0.15) is 0 Å². The molecule has 1 heterocycles. The number of fused-ring (bicyclic) bond motifs is 2. The van der Waals surface area contributed by atoms with Crippen LogP contribution in [-0.4, -0.2) is 30.0 Å². The Morgan fingerprint density at radius 3 is 2.78 bits per heavy atom. The predicted molar refractivity (Wildman–Crippen MR) is 93.2 cm³/mol. The van der Waals surface area contributed by atoms with Gasteiger partial charge >= 0.3 is 0 Å². The fraction of sp³-hybridized carbons (Fsp3) is 0.611. The number of carbonyl (C=O) groups is 1. The van der Waals surface area contributed by atoms with Crippen LogP contribution in [0, 0.1) is 10.8 Å². The van der Waals surface area contributed by atoms with Gasteiger partial charge in [-0.1, -0.05) is 50.0 Å². The molecule has 1 aromatic rings. The molecular formula is C18H23Cl2NO2. The number of ether oxygens (including phenoxy) is 1. The summed E-state index contributed by atoms with van der Waals surface area (Å²) in [4.78, 5) is 14.6. The summed E-state index contributed by atoms with van der Waals surface area (Å²) in [6.07, 6.45) is 3.33. The highest BCUT2D eigenvalue weighted by atomic mass is 35.5. The summed E-state index contributed by atoms with van der Waals surface area (Å²) in [6, 6.07) is 5.52. The Labute approximate surface area is 147 Å². The molecule has 0 N–H and O–H groups in total. The lowest BCUT2D eigenvalue weighted by molar-refractivity contribution is -0.134. The molecule has 0 spiro atoms. The fourth-order valence-corrected chi connectivity index (χ4v) is 4.92. The molecule has 1 saturated carbocycles. The Hall–Kier alpha value is -0.930. The van der Waals surface area contributed by atoms with E-state index in [9.17, 15) is 4.79 Å². The average molecular weight is 356 g/mol. The highest BCUT2D eigenvalue weighted by Gasteiger charge is 2.50. The number of rotatable bonds is 3. The van der Waals surface area contributed by atoms with Crippen molar-refractivity contribution >= 4 is 29.1 Å². The second-order valence-corrected chi connectivity index (χ2v) is 8.86. The maximum Gasteiger partial charge on any atom is 0.260 e. The van der Waals surface area contributed by atoms with Crippen molar-refractivity contribution in [1.29, 1.82) is 0 Å². The summed E-state index contributed by atoms with van der Waals surface area (Å²) < 4.78 is 5.62. The van der Waals surface area contributed by atoms with E-state index in [1.807, 2.05) is 4.90 Å². The van der Waals surface area contributed by atoms with Crippen LogP contribution in [0.25, 0.3) is 0 Å². The van der Waals surface area contributed by atoms with Gasteiger partial charge in [0, 0.05) is 12.6 Å². The van der Waals surface area contributed by atoms with Gasteiger partial charge in [0.1, 0.15) is 10.8 Å². The van der Waals surface area contributed by atoms with E-state index in [1.165, 1.54) is 6.42 Å². The van der Waals surface area contributed by atoms with Crippen LogP contribution in [0.4, 0.5) is 0 Å². The highest BCUT2D eigenvalue weighted by molar-refractivity contribution is 6.42. The van der Waals surface area contributed by atoms with E-state index >= 15 is 0 Å². The number of carbonyl (C=O) groups excluding carboxylic acids is 1. The van der Waals surface area contributed by atoms with E-state index in [-0.39, 0.29) is 17.9 Å². The highest BCUT2D eigenvalue weighted by Crippen LogP contribution is 2.52. The molecule has 2 atom stereocenters. The molecule has 2 bridgehead atoms. The smallest absolute Gasteiger partial charge is 0.260 e. The van der Waals surface area contributed by atoms with E-state index in [1.54, 1.807) is 18.2 Å². The quantitative estimate of drug-likeness (QED) is 0.779. The van der Waals surface area contributed by atoms with Gasteiger partial charge in [0.2, 0.25) is 0 Å². The molecule has 0 radical (unpaired) electrons. The first kappa shape index (κ1) is 16.9. The van der Waals surface area contributed by atoms with Crippen molar-refractivity contribution < 1.29 is 9.53 Å². The van der Waals surface area contributed by atoms with Gasteiger partial charge < -0.3 is 9.64 Å². The minimum Gasteiger partial charge on any atom is -0.482 e. The van der Waals surface area contributed by atoms with E-state index in [0.717, 1.165) is 19.4 Å². The SMILES string of the molecule is CC1(C)C[C@H]2C[C@](C)(CN2C(=O)COc2cccc(Cl)c2Cl)C1. The van der Waals surface area contributed by atoms with E-state index in [0.29, 0.717) is 27.3 Å². The minimum atomic E-state index is 0.00701. The van der Waals surface area contributed by atoms with Crippen molar-refractivity contribution in [2.75, 3.05) is 13.2 Å². The third-order valence-electron chi connectivity index (χ3n) is 5.00. The molecule has 1 amide bonds. The Balaban J connectivity index is 1.67. The van der Waals surface area contributed by atoms with Crippen LogP contribution in [0.3, 0.4) is 0 Å². The van der Waals surface area contributed by atoms with E-state index < -0.39 is 0 Å². The minimum absolute atomic E-state index is 0.00701. The molecule has 0 aromatic heterocycles. The van der Waals surface area contributed by atoms with Crippen molar-refractivity contribution in [3.05, 3.63) is 28.2 Å². The average Bonchev–Trinajstić information content (AvgIpc) is 2.69. The Kier molecular flexibility index (Phi) is 4.31. The maximum absolute atomic E-state index is 12.6. The zero-order chi connectivity index (χ0) is 16.8.